The van der Waals surface area contributed by atoms with E-state index in [1.165, 1.54) is 12.1 Å². The normalized spacial score (nSPS) is 18.6. The van der Waals surface area contributed by atoms with Crippen LogP contribution in [0.4, 0.5) is 11.4 Å². The summed E-state index contributed by atoms with van der Waals surface area (Å²) in [6.07, 6.45) is 1.08. The molecule has 1 aliphatic rings. The second-order valence-corrected chi connectivity index (χ2v) is 6.81. The zero-order chi connectivity index (χ0) is 15.5. The standard InChI is InChI=1S/C13H18N2O5S/c14-11-5-1-2-6-12(11)15(8-13(16)17)21(18,19)9-10-4-3-7-20-10/h1-2,5-6,10H,3-4,7-9,14H2,(H,16,17). The third-order valence-corrected chi connectivity index (χ3v) is 5.03. The highest BCUT2D eigenvalue weighted by atomic mass is 32.2. The van der Waals surface area contributed by atoms with Gasteiger partial charge in [0.25, 0.3) is 0 Å². The van der Waals surface area contributed by atoms with Crippen LogP contribution in [0.15, 0.2) is 24.3 Å². The lowest BCUT2D eigenvalue weighted by Crippen LogP contribution is -2.40. The van der Waals surface area contributed by atoms with Crippen LogP contribution in [0.3, 0.4) is 0 Å². The topological polar surface area (TPSA) is 110 Å². The second kappa shape index (κ2) is 6.31. The Labute approximate surface area is 123 Å². The molecule has 0 saturated carbocycles. The first-order valence-electron chi connectivity index (χ1n) is 6.58. The van der Waals surface area contributed by atoms with Crippen LogP contribution in [0.2, 0.25) is 0 Å². The number of ether oxygens (including phenoxy) is 1. The van der Waals surface area contributed by atoms with Crippen molar-refractivity contribution < 1.29 is 23.1 Å². The highest BCUT2D eigenvalue weighted by Crippen LogP contribution is 2.26. The SMILES string of the molecule is Nc1ccccc1N(CC(=O)O)S(=O)(=O)CC1CCCO1. The number of nitrogen functional groups attached to an aromatic ring is 1. The van der Waals surface area contributed by atoms with E-state index in [1.54, 1.807) is 12.1 Å². The molecular formula is C13H18N2O5S. The third kappa shape index (κ3) is 3.85. The third-order valence-electron chi connectivity index (χ3n) is 3.24. The number of hydrogen-bond acceptors (Lipinski definition) is 5. The molecule has 1 aliphatic heterocycles. The van der Waals surface area contributed by atoms with Gasteiger partial charge in [-0.2, -0.15) is 0 Å². The van der Waals surface area contributed by atoms with Gasteiger partial charge in [0.05, 0.1) is 23.2 Å². The van der Waals surface area contributed by atoms with E-state index in [0.29, 0.717) is 13.0 Å². The van der Waals surface area contributed by atoms with Crippen molar-refractivity contribution in [2.24, 2.45) is 0 Å². The van der Waals surface area contributed by atoms with Gasteiger partial charge >= 0.3 is 5.97 Å². The maximum absolute atomic E-state index is 12.5. The number of rotatable bonds is 6. The van der Waals surface area contributed by atoms with Gasteiger partial charge < -0.3 is 15.6 Å². The molecule has 0 aliphatic carbocycles. The Morgan fingerprint density at radius 2 is 2.14 bits per heavy atom. The van der Waals surface area contributed by atoms with Crippen LogP contribution in [0.5, 0.6) is 0 Å². The van der Waals surface area contributed by atoms with E-state index in [2.05, 4.69) is 0 Å². The first-order valence-corrected chi connectivity index (χ1v) is 8.19. The van der Waals surface area contributed by atoms with Crippen molar-refractivity contribution in [3.63, 3.8) is 0 Å². The lowest BCUT2D eigenvalue weighted by molar-refractivity contribution is -0.135. The predicted molar refractivity (Wildman–Crippen MR) is 78.6 cm³/mol. The van der Waals surface area contributed by atoms with Gasteiger partial charge in [-0.05, 0) is 25.0 Å². The van der Waals surface area contributed by atoms with Gasteiger partial charge in [-0.1, -0.05) is 12.1 Å². The van der Waals surface area contributed by atoms with Crippen molar-refractivity contribution in [3.05, 3.63) is 24.3 Å². The molecule has 1 atom stereocenters. The molecule has 21 heavy (non-hydrogen) atoms. The molecule has 0 spiro atoms. The van der Waals surface area contributed by atoms with Crippen LogP contribution < -0.4 is 10.0 Å². The van der Waals surface area contributed by atoms with Crippen molar-refractivity contribution in [2.45, 2.75) is 18.9 Å². The Hall–Kier alpha value is -1.80. The number of anilines is 2. The number of aliphatic carboxylic acids is 1. The predicted octanol–water partition coefficient (Wildman–Crippen LogP) is 0.669. The Balaban J connectivity index is 2.30. The molecule has 1 fully saturated rings. The van der Waals surface area contributed by atoms with Crippen molar-refractivity contribution in [1.29, 1.82) is 0 Å². The summed E-state index contributed by atoms with van der Waals surface area (Å²) in [5.74, 6) is -1.48. The number of para-hydroxylation sites is 2. The van der Waals surface area contributed by atoms with Crippen molar-refractivity contribution >= 4 is 27.4 Å². The van der Waals surface area contributed by atoms with Gasteiger partial charge in [0.1, 0.15) is 6.54 Å². The molecule has 0 aromatic heterocycles. The summed E-state index contributed by atoms with van der Waals surface area (Å²) in [5, 5.41) is 8.98. The molecule has 1 aromatic rings. The number of sulfonamides is 1. The molecule has 0 radical (unpaired) electrons. The summed E-state index contributed by atoms with van der Waals surface area (Å²) in [5.41, 5.74) is 6.17. The molecule has 1 unspecified atom stereocenters. The van der Waals surface area contributed by atoms with Crippen LogP contribution in [-0.4, -0.2) is 44.5 Å². The smallest absolute Gasteiger partial charge is 0.324 e. The first-order chi connectivity index (χ1) is 9.90. The lowest BCUT2D eigenvalue weighted by atomic mass is 10.3. The molecule has 7 nitrogen and oxygen atoms in total. The lowest BCUT2D eigenvalue weighted by Gasteiger charge is -2.25. The highest BCUT2D eigenvalue weighted by Gasteiger charge is 2.31. The number of carboxylic acid groups (broad SMARTS) is 1. The van der Waals surface area contributed by atoms with Gasteiger partial charge in [-0.3, -0.25) is 9.10 Å². The molecule has 1 aromatic carbocycles. The Kier molecular flexibility index (Phi) is 4.69. The minimum atomic E-state index is -3.83. The number of hydrogen-bond donors (Lipinski definition) is 2. The Morgan fingerprint density at radius 1 is 1.43 bits per heavy atom. The average Bonchev–Trinajstić information content (AvgIpc) is 2.88. The fraction of sp³-hybridized carbons (Fsp3) is 0.462. The van der Waals surface area contributed by atoms with Crippen LogP contribution >= 0.6 is 0 Å². The number of benzene rings is 1. The van der Waals surface area contributed by atoms with Gasteiger partial charge in [-0.15, -0.1) is 0 Å². The fourth-order valence-electron chi connectivity index (χ4n) is 2.27. The molecule has 0 bridgehead atoms. The molecule has 116 valence electrons. The van der Waals surface area contributed by atoms with E-state index in [-0.39, 0.29) is 17.1 Å². The Bertz CT molecular complexity index is 611. The van der Waals surface area contributed by atoms with Gasteiger partial charge in [-0.25, -0.2) is 8.42 Å². The van der Waals surface area contributed by atoms with Crippen molar-refractivity contribution in [2.75, 3.05) is 28.9 Å². The zero-order valence-electron chi connectivity index (χ0n) is 11.4. The van der Waals surface area contributed by atoms with Crippen molar-refractivity contribution in [1.82, 2.24) is 0 Å². The number of carboxylic acids is 1. The highest BCUT2D eigenvalue weighted by molar-refractivity contribution is 7.92. The maximum atomic E-state index is 12.5. The van der Waals surface area contributed by atoms with Gasteiger partial charge in [0, 0.05) is 6.61 Å². The van der Waals surface area contributed by atoms with Gasteiger partial charge in [0.15, 0.2) is 0 Å². The van der Waals surface area contributed by atoms with E-state index >= 15 is 0 Å². The van der Waals surface area contributed by atoms with Crippen LogP contribution in [0.25, 0.3) is 0 Å². The summed E-state index contributed by atoms with van der Waals surface area (Å²) >= 11 is 0. The molecule has 1 saturated heterocycles. The number of carbonyl (C=O) groups is 1. The van der Waals surface area contributed by atoms with E-state index < -0.39 is 28.6 Å². The maximum Gasteiger partial charge on any atom is 0.324 e. The minimum absolute atomic E-state index is 0.179. The quantitative estimate of drug-likeness (QED) is 0.747. The van der Waals surface area contributed by atoms with E-state index in [4.69, 9.17) is 15.6 Å². The summed E-state index contributed by atoms with van der Waals surface area (Å²) in [6, 6.07) is 6.30. The molecule has 1 heterocycles. The summed E-state index contributed by atoms with van der Waals surface area (Å²) < 4.78 is 31.2. The monoisotopic (exact) mass is 314 g/mol. The molecule has 2 rings (SSSR count). The van der Waals surface area contributed by atoms with Crippen LogP contribution in [0.1, 0.15) is 12.8 Å². The van der Waals surface area contributed by atoms with E-state index in [9.17, 15) is 13.2 Å². The van der Waals surface area contributed by atoms with E-state index in [0.717, 1.165) is 10.7 Å². The molecule has 0 amide bonds. The number of nitrogens with two attached hydrogens (primary N) is 1. The van der Waals surface area contributed by atoms with Crippen LogP contribution in [0, 0.1) is 0 Å². The zero-order valence-corrected chi connectivity index (χ0v) is 12.3. The Morgan fingerprint density at radius 3 is 2.71 bits per heavy atom. The molecule has 3 N–H and O–H groups in total. The summed E-state index contributed by atoms with van der Waals surface area (Å²) in [6.45, 7) is -0.129. The summed E-state index contributed by atoms with van der Waals surface area (Å²) in [4.78, 5) is 11.0. The fourth-order valence-corrected chi connectivity index (χ4v) is 3.96. The number of nitrogens with zero attached hydrogens (tertiary/aromatic N) is 1. The van der Waals surface area contributed by atoms with Crippen LogP contribution in [-0.2, 0) is 19.6 Å². The van der Waals surface area contributed by atoms with Gasteiger partial charge in [0.2, 0.25) is 10.0 Å². The van der Waals surface area contributed by atoms with Crippen molar-refractivity contribution in [3.8, 4) is 0 Å². The molecular weight excluding hydrogens is 296 g/mol. The molecule has 8 heteroatoms. The minimum Gasteiger partial charge on any atom is -0.480 e. The average molecular weight is 314 g/mol. The first kappa shape index (κ1) is 15.6. The largest absolute Gasteiger partial charge is 0.480 e. The van der Waals surface area contributed by atoms with E-state index in [1.807, 2.05) is 0 Å². The second-order valence-electron chi connectivity index (χ2n) is 4.87. The summed E-state index contributed by atoms with van der Waals surface area (Å²) in [7, 11) is -3.83.